The van der Waals surface area contributed by atoms with Crippen molar-refractivity contribution < 1.29 is 4.39 Å². The first kappa shape index (κ1) is 11.3. The minimum Gasteiger partial charge on any atom is -0.389 e. The molecule has 16 heavy (non-hydrogen) atoms. The Labute approximate surface area is 100 Å². The van der Waals surface area contributed by atoms with Gasteiger partial charge in [0.2, 0.25) is 0 Å². The van der Waals surface area contributed by atoms with Crippen LogP contribution in [0, 0.1) is 5.82 Å². The van der Waals surface area contributed by atoms with Gasteiger partial charge in [-0.15, -0.1) is 0 Å². The fourth-order valence-electron chi connectivity index (χ4n) is 2.12. The van der Waals surface area contributed by atoms with Gasteiger partial charge in [0, 0.05) is 24.3 Å². The van der Waals surface area contributed by atoms with Crippen LogP contribution in [-0.4, -0.2) is 18.1 Å². The van der Waals surface area contributed by atoms with Crippen molar-refractivity contribution in [3.05, 3.63) is 29.6 Å². The van der Waals surface area contributed by atoms with Crippen molar-refractivity contribution in [3.63, 3.8) is 0 Å². The number of nitrogens with zero attached hydrogens (tertiary/aromatic N) is 1. The van der Waals surface area contributed by atoms with E-state index in [9.17, 15) is 4.39 Å². The SMILES string of the molecule is NC(=S)c1cc(F)ccc1N1CCCCC1. The second-order valence-electron chi connectivity index (χ2n) is 4.07. The van der Waals surface area contributed by atoms with E-state index in [1.54, 1.807) is 6.07 Å². The normalized spacial score (nSPS) is 16.2. The maximum Gasteiger partial charge on any atom is 0.124 e. The number of hydrogen-bond donors (Lipinski definition) is 1. The molecule has 1 aromatic rings. The summed E-state index contributed by atoms with van der Waals surface area (Å²) in [6.07, 6.45) is 3.61. The summed E-state index contributed by atoms with van der Waals surface area (Å²) in [7, 11) is 0. The second kappa shape index (κ2) is 4.78. The highest BCUT2D eigenvalue weighted by Gasteiger charge is 2.16. The summed E-state index contributed by atoms with van der Waals surface area (Å²) in [4.78, 5) is 2.50. The van der Waals surface area contributed by atoms with Crippen LogP contribution in [0.2, 0.25) is 0 Å². The monoisotopic (exact) mass is 238 g/mol. The molecule has 0 amide bonds. The molecule has 86 valence electrons. The topological polar surface area (TPSA) is 29.3 Å². The third kappa shape index (κ3) is 2.32. The quantitative estimate of drug-likeness (QED) is 0.802. The lowest BCUT2D eigenvalue weighted by Gasteiger charge is -2.30. The molecule has 0 spiro atoms. The Morgan fingerprint density at radius 3 is 2.56 bits per heavy atom. The highest BCUT2D eigenvalue weighted by molar-refractivity contribution is 7.80. The molecule has 2 nitrogen and oxygen atoms in total. The van der Waals surface area contributed by atoms with Gasteiger partial charge in [-0.05, 0) is 37.5 Å². The van der Waals surface area contributed by atoms with E-state index in [-0.39, 0.29) is 10.8 Å². The van der Waals surface area contributed by atoms with Crippen LogP contribution in [0.4, 0.5) is 10.1 Å². The Hall–Kier alpha value is -1.16. The van der Waals surface area contributed by atoms with Crippen molar-refractivity contribution in [1.82, 2.24) is 0 Å². The fourth-order valence-corrected chi connectivity index (χ4v) is 2.28. The van der Waals surface area contributed by atoms with E-state index in [0.717, 1.165) is 18.8 Å². The number of rotatable bonds is 2. The fraction of sp³-hybridized carbons (Fsp3) is 0.417. The molecule has 2 rings (SSSR count). The van der Waals surface area contributed by atoms with Crippen LogP contribution in [0.25, 0.3) is 0 Å². The van der Waals surface area contributed by atoms with Crippen molar-refractivity contribution in [1.29, 1.82) is 0 Å². The van der Waals surface area contributed by atoms with Crippen LogP contribution in [0.15, 0.2) is 18.2 Å². The molecule has 1 aliphatic heterocycles. The Morgan fingerprint density at radius 1 is 1.25 bits per heavy atom. The van der Waals surface area contributed by atoms with Gasteiger partial charge in [0.25, 0.3) is 0 Å². The summed E-state index contributed by atoms with van der Waals surface area (Å²) in [6.45, 7) is 2.00. The molecule has 0 unspecified atom stereocenters. The van der Waals surface area contributed by atoms with Gasteiger partial charge in [0.15, 0.2) is 0 Å². The highest BCUT2D eigenvalue weighted by atomic mass is 32.1. The predicted molar refractivity (Wildman–Crippen MR) is 68.4 cm³/mol. The molecule has 0 aliphatic carbocycles. The predicted octanol–water partition coefficient (Wildman–Crippen LogP) is 2.45. The highest BCUT2D eigenvalue weighted by Crippen LogP contribution is 2.24. The lowest BCUT2D eigenvalue weighted by Crippen LogP contribution is -2.31. The molecule has 1 fully saturated rings. The van der Waals surface area contributed by atoms with Crippen LogP contribution in [0.3, 0.4) is 0 Å². The van der Waals surface area contributed by atoms with Crippen LogP contribution in [0.5, 0.6) is 0 Å². The van der Waals surface area contributed by atoms with Crippen molar-refractivity contribution in [2.75, 3.05) is 18.0 Å². The van der Waals surface area contributed by atoms with Gasteiger partial charge in [-0.2, -0.15) is 0 Å². The second-order valence-corrected chi connectivity index (χ2v) is 4.51. The van der Waals surface area contributed by atoms with Crippen molar-refractivity contribution in [2.24, 2.45) is 5.73 Å². The minimum absolute atomic E-state index is 0.264. The molecule has 1 heterocycles. The number of halogens is 1. The largest absolute Gasteiger partial charge is 0.389 e. The van der Waals surface area contributed by atoms with E-state index < -0.39 is 0 Å². The smallest absolute Gasteiger partial charge is 0.124 e. The summed E-state index contributed by atoms with van der Waals surface area (Å²) in [6, 6.07) is 4.66. The van der Waals surface area contributed by atoms with E-state index in [1.165, 1.54) is 31.4 Å². The number of thiocarbonyl (C=S) groups is 1. The molecule has 0 aromatic heterocycles. The summed E-state index contributed by atoms with van der Waals surface area (Å²) in [5.74, 6) is -0.288. The van der Waals surface area contributed by atoms with E-state index in [0.29, 0.717) is 5.56 Å². The molecular formula is C12H15FN2S. The summed E-state index contributed by atoms with van der Waals surface area (Å²) in [5, 5.41) is 0. The first-order chi connectivity index (χ1) is 7.68. The molecular weight excluding hydrogens is 223 g/mol. The molecule has 2 N–H and O–H groups in total. The summed E-state index contributed by atoms with van der Waals surface area (Å²) < 4.78 is 13.1. The third-order valence-electron chi connectivity index (χ3n) is 2.92. The van der Waals surface area contributed by atoms with Crippen LogP contribution >= 0.6 is 12.2 Å². The molecule has 0 radical (unpaired) electrons. The Kier molecular flexibility index (Phi) is 3.39. The van der Waals surface area contributed by atoms with Gasteiger partial charge in [-0.1, -0.05) is 12.2 Å². The maximum atomic E-state index is 13.1. The summed E-state index contributed by atoms with van der Waals surface area (Å²) in [5.41, 5.74) is 7.24. The molecule has 0 saturated carbocycles. The Bertz CT molecular complexity index is 400. The first-order valence-electron chi connectivity index (χ1n) is 5.53. The average molecular weight is 238 g/mol. The zero-order valence-corrected chi connectivity index (χ0v) is 9.89. The first-order valence-corrected chi connectivity index (χ1v) is 5.93. The van der Waals surface area contributed by atoms with Gasteiger partial charge in [-0.3, -0.25) is 0 Å². The van der Waals surface area contributed by atoms with E-state index in [4.69, 9.17) is 18.0 Å². The van der Waals surface area contributed by atoms with Crippen molar-refractivity contribution >= 4 is 22.9 Å². The maximum absolute atomic E-state index is 13.1. The van der Waals surface area contributed by atoms with Crippen LogP contribution < -0.4 is 10.6 Å². The lowest BCUT2D eigenvalue weighted by atomic mass is 10.1. The third-order valence-corrected chi connectivity index (χ3v) is 3.14. The van der Waals surface area contributed by atoms with Gasteiger partial charge < -0.3 is 10.6 Å². The molecule has 0 bridgehead atoms. The molecule has 4 heteroatoms. The lowest BCUT2D eigenvalue weighted by molar-refractivity contribution is 0.576. The van der Waals surface area contributed by atoms with E-state index in [1.807, 2.05) is 0 Å². The number of benzene rings is 1. The van der Waals surface area contributed by atoms with E-state index >= 15 is 0 Å². The van der Waals surface area contributed by atoms with Gasteiger partial charge in [-0.25, -0.2) is 4.39 Å². The van der Waals surface area contributed by atoms with Crippen molar-refractivity contribution in [3.8, 4) is 0 Å². The zero-order valence-electron chi connectivity index (χ0n) is 9.08. The Morgan fingerprint density at radius 2 is 1.94 bits per heavy atom. The number of piperidine rings is 1. The van der Waals surface area contributed by atoms with Crippen molar-refractivity contribution in [2.45, 2.75) is 19.3 Å². The molecule has 1 saturated heterocycles. The van der Waals surface area contributed by atoms with Gasteiger partial charge >= 0.3 is 0 Å². The van der Waals surface area contributed by atoms with E-state index in [2.05, 4.69) is 4.90 Å². The number of hydrogen-bond acceptors (Lipinski definition) is 2. The average Bonchev–Trinajstić information content (AvgIpc) is 2.30. The van der Waals surface area contributed by atoms with Crippen LogP contribution in [-0.2, 0) is 0 Å². The molecule has 0 atom stereocenters. The Balaban J connectivity index is 2.34. The van der Waals surface area contributed by atoms with Gasteiger partial charge in [0.05, 0.1) is 0 Å². The zero-order chi connectivity index (χ0) is 11.5. The van der Waals surface area contributed by atoms with Crippen LogP contribution in [0.1, 0.15) is 24.8 Å². The number of nitrogens with two attached hydrogens (primary N) is 1. The molecule has 1 aliphatic rings. The summed E-state index contributed by atoms with van der Waals surface area (Å²) >= 11 is 4.96. The standard InChI is InChI=1S/C12H15FN2S/c13-9-4-5-11(10(8-9)12(14)16)15-6-2-1-3-7-15/h4-5,8H,1-3,6-7H2,(H2,14,16). The number of anilines is 1. The molecule has 1 aromatic carbocycles. The van der Waals surface area contributed by atoms with Gasteiger partial charge in [0.1, 0.15) is 10.8 Å². The minimum atomic E-state index is -0.288.